The van der Waals surface area contributed by atoms with Gasteiger partial charge in [0.1, 0.15) is 78.3 Å². The first-order chi connectivity index (χ1) is 65.8. The minimum Gasteiger partial charge on any atom is -0.508 e. The lowest BCUT2D eigenvalue weighted by atomic mass is 9.90. The first-order valence-electron chi connectivity index (χ1n) is 46.6. The number of amides is 17. The summed E-state index contributed by atoms with van der Waals surface area (Å²) in [6.45, 7) is 5.26. The number of likely N-dealkylation sites (N-methyl/N-ethyl adjacent to an activating group) is 3. The molecule has 44 nitrogen and oxygen atoms in total. The molecule has 0 radical (unpaired) electrons. The second kappa shape index (κ2) is 54.0. The number of nitrogens with one attached hydrogen (secondary N) is 12. The summed E-state index contributed by atoms with van der Waals surface area (Å²) in [5, 5.41) is 74.4. The lowest BCUT2D eigenvalue weighted by molar-refractivity contribution is -0.149. The van der Waals surface area contributed by atoms with Gasteiger partial charge in [-0.2, -0.15) is 0 Å². The van der Waals surface area contributed by atoms with E-state index in [1.807, 2.05) is 13.8 Å². The van der Waals surface area contributed by atoms with Gasteiger partial charge in [-0.15, -0.1) is 11.8 Å². The third-order valence-electron chi connectivity index (χ3n) is 24.8. The number of aromatic hydroxyl groups is 1. The van der Waals surface area contributed by atoms with E-state index in [2.05, 4.69) is 73.2 Å². The Morgan fingerprint density at radius 2 is 1.13 bits per heavy atom. The van der Waals surface area contributed by atoms with E-state index >= 15 is 38.4 Å². The quantitative estimate of drug-likeness (QED) is 0.0117. The molecule has 0 bridgehead atoms. The lowest BCUT2D eigenvalue weighted by Gasteiger charge is -2.36. The van der Waals surface area contributed by atoms with E-state index in [1.54, 1.807) is 74.8 Å². The molecule has 0 saturated carbocycles. The number of fused-ring (bicyclic) bond motifs is 4. The monoisotopic (exact) mass is 1940 g/mol. The van der Waals surface area contributed by atoms with E-state index in [0.29, 0.717) is 83.4 Å². The number of benzene rings is 3. The fourth-order valence-corrected chi connectivity index (χ4v) is 17.9. The van der Waals surface area contributed by atoms with Gasteiger partial charge in [0.25, 0.3) is 0 Å². The molecule has 0 spiro atoms. The molecule has 0 unspecified atom stereocenters. The van der Waals surface area contributed by atoms with E-state index in [0.717, 1.165) is 31.4 Å². The van der Waals surface area contributed by atoms with Crippen molar-refractivity contribution in [1.29, 1.82) is 0 Å². The first-order valence-corrected chi connectivity index (χ1v) is 47.8. The third kappa shape index (κ3) is 31.6. The van der Waals surface area contributed by atoms with Crippen LogP contribution in [0.1, 0.15) is 160 Å². The van der Waals surface area contributed by atoms with Gasteiger partial charge >= 0.3 is 0 Å². The smallest absolute Gasteiger partial charge is 0.246 e. The molecule has 3 aliphatic heterocycles. The van der Waals surface area contributed by atoms with Crippen LogP contribution < -0.4 is 64.6 Å². The molecule has 138 heavy (non-hydrogen) atoms. The maximum absolute atomic E-state index is 15.8. The Morgan fingerprint density at radius 3 is 1.74 bits per heavy atom. The Hall–Kier alpha value is -13.3. The van der Waals surface area contributed by atoms with Gasteiger partial charge in [0.05, 0.1) is 44.1 Å². The zero-order valence-corrected chi connectivity index (χ0v) is 79.9. The summed E-state index contributed by atoms with van der Waals surface area (Å²) in [5.41, 5.74) is 22.6. The van der Waals surface area contributed by atoms with Crippen molar-refractivity contribution in [3.63, 3.8) is 0 Å². The van der Waals surface area contributed by atoms with Crippen LogP contribution in [0.25, 0.3) is 32.2 Å². The second-order valence-corrected chi connectivity index (χ2v) is 36.6. The normalized spacial score (nSPS) is 24.5. The Morgan fingerprint density at radius 1 is 0.572 bits per heavy atom. The highest BCUT2D eigenvalue weighted by molar-refractivity contribution is 8.00. The number of carbonyl (C=O) groups is 18. The summed E-state index contributed by atoms with van der Waals surface area (Å²) >= 11 is 0.790. The topological polar surface area (TPSA) is 657 Å². The van der Waals surface area contributed by atoms with Crippen molar-refractivity contribution in [3.05, 3.63) is 112 Å². The number of aromatic nitrogens is 2. The number of aliphatic hydroxyl groups excluding tert-OH is 3. The standard InChI is InChI=1S/C93H132N22O22S/c1-9-11-25-72-87(131)104-65(37-52(3)4)84(128)109-71(83(127)100-46-79(123)97-34-18-13-19-35-101-110-96)50-138-51-80(124)102-66(38-54-28-30-58(118)31-29-54)89(133)111(6)53(5)81(125)105-68(43-78(95)122)92(136)114-36-20-27-73(114)88(132)108-70(49-117)85(129)103-64(32-33-77(94)121)91(135)115-47-59(119)42-75(115)76(120)41-55(39-56-44-98-62-23-16-14-21-60(56)62)82(126)107-69(48-116)86(130)106-67(40-57-45-99-63-24-17-15-22-61(57)63)90(134)113(8)74(26-12-10-2)93(137)112(72)7/h14-17,21-24,28-31,44-45,52-53,55,59,64-75,98-99,116-119H,9-13,18-20,25-27,32-43,46-51H2,1-8H3,(H2,94,121)(H2,95,122)(H,97,123)(H,100,127)(H,102,124)(H,103,129)(H,104,131)(H,105,125)(H,106,130)(H,107,126)(H,108,132)(H,109,128)/t53-,55+,59+,64-,65-,66-,67-,68-,69-,70-,71-,72-,73-,74-,75-/m0/s1. The van der Waals surface area contributed by atoms with Crippen LogP contribution in [-0.2, 0) is 106 Å². The maximum Gasteiger partial charge on any atom is 0.246 e. The molecule has 3 fully saturated rings. The number of ketones is 1. The fourth-order valence-electron chi connectivity index (χ4n) is 17.0. The van der Waals surface area contributed by atoms with E-state index in [4.69, 9.17) is 17.0 Å². The highest BCUT2D eigenvalue weighted by Crippen LogP contribution is 2.30. The predicted molar refractivity (Wildman–Crippen MR) is 507 cm³/mol. The van der Waals surface area contributed by atoms with E-state index in [-0.39, 0.29) is 82.7 Å². The summed E-state index contributed by atoms with van der Waals surface area (Å²) in [7, 11) is 3.91. The number of nitrogens with zero attached hydrogens (tertiary/aromatic N) is 8. The average molecular weight is 1940 g/mol. The molecule has 17 amide bonds. The molecular weight excluding hydrogens is 1810 g/mol. The molecule has 5 aromatic rings. The molecule has 5 heterocycles. The Balaban J connectivity index is 1.18. The molecule has 15 atom stereocenters. The molecule has 2 aromatic heterocycles. The summed E-state index contributed by atoms with van der Waals surface area (Å²) in [4.78, 5) is 277. The van der Waals surface area contributed by atoms with Gasteiger partial charge in [-0.1, -0.05) is 113 Å². The van der Waals surface area contributed by atoms with Gasteiger partial charge in [-0.3, -0.25) is 86.3 Å². The van der Waals surface area contributed by atoms with Crippen molar-refractivity contribution < 1.29 is 107 Å². The number of aromatic amines is 2. The highest BCUT2D eigenvalue weighted by atomic mass is 32.2. The number of azide groups is 1. The zero-order valence-electron chi connectivity index (χ0n) is 79.1. The molecule has 20 N–H and O–H groups in total. The third-order valence-corrected chi connectivity index (χ3v) is 25.9. The van der Waals surface area contributed by atoms with Crippen LogP contribution in [0.2, 0.25) is 0 Å². The SMILES string of the molecule is CCCC[C@H]1C(=O)N(C)[C@@H](CCCC)C(=O)N[C@@H](CC(C)C)C(=O)N[C@H](C(=O)NCC(=O)NCCCCCN=[N+]=[N-])CSCC(=O)N[C@@H](Cc2ccc(O)cc2)C(=O)N(C)[C@@H](C)C(=O)N[C@@H](CC(N)=O)C(=O)N2CCC[C@H]2C(=O)N[C@@H](CO)C(=O)N[C@@H](CCC(N)=O)C(=O)N2C[C@H](O)C[C@H]2C(=O)C[C@@H](Cc2c[nH]c3ccccc23)C(=O)N[C@@H](CO)C(=O)N[C@@H](Cc2c[nH]c3ccccc23)C(=O)N1C. The molecule has 3 aliphatic rings. The molecule has 752 valence electrons. The number of para-hydroxylation sites is 2. The molecule has 8 rings (SSSR count). The van der Waals surface area contributed by atoms with Gasteiger partial charge in [-0.25, -0.2) is 0 Å². The Labute approximate surface area is 803 Å². The number of phenols is 1. The molecule has 0 aliphatic carbocycles. The van der Waals surface area contributed by atoms with Crippen molar-refractivity contribution in [1.82, 2.24) is 87.6 Å². The van der Waals surface area contributed by atoms with Crippen LogP contribution in [0, 0.1) is 11.8 Å². The van der Waals surface area contributed by atoms with E-state index in [9.17, 15) is 68.4 Å². The van der Waals surface area contributed by atoms with Gasteiger partial charge in [0.15, 0.2) is 5.78 Å². The van der Waals surface area contributed by atoms with Crippen LogP contribution in [0.3, 0.4) is 0 Å². The molecule has 3 saturated heterocycles. The number of H-pyrrole nitrogens is 2. The maximum atomic E-state index is 15.8. The van der Waals surface area contributed by atoms with Crippen molar-refractivity contribution in [2.75, 3.05) is 78.6 Å². The van der Waals surface area contributed by atoms with Crippen LogP contribution in [-0.4, -0.2) is 324 Å². The molecule has 45 heteroatoms. The number of phenolic OH excluding ortho intramolecular Hbond substituents is 1. The molecular formula is C93H132N22O22S. The lowest BCUT2D eigenvalue weighted by Crippen LogP contribution is -2.61. The van der Waals surface area contributed by atoms with Gasteiger partial charge < -0.3 is 120 Å². The minimum absolute atomic E-state index is 0.00131. The number of hydrogen-bond acceptors (Lipinski definition) is 24. The minimum atomic E-state index is -1.94. The van der Waals surface area contributed by atoms with E-state index < -0.39 is 267 Å². The van der Waals surface area contributed by atoms with Gasteiger partial charge in [0.2, 0.25) is 100 Å². The number of thioether (sulfide) groups is 1. The van der Waals surface area contributed by atoms with Crippen molar-refractivity contribution in [3.8, 4) is 5.75 Å². The average Bonchev–Trinajstić information content (AvgIpc) is 1.57. The number of carbonyl (C=O) groups excluding carboxylic acids is 18. The number of hydrogen-bond donors (Lipinski definition) is 18. The summed E-state index contributed by atoms with van der Waals surface area (Å²) in [6.07, 6.45) is 1.06. The van der Waals surface area contributed by atoms with Crippen LogP contribution >= 0.6 is 11.8 Å². The highest BCUT2D eigenvalue weighted by Gasteiger charge is 2.47. The number of rotatable bonds is 30. The first kappa shape index (κ1) is 110. The number of nitrogens with two attached hydrogens (primary N) is 2. The van der Waals surface area contributed by atoms with Gasteiger partial charge in [0, 0.05) is 130 Å². The van der Waals surface area contributed by atoms with Crippen LogP contribution in [0.5, 0.6) is 5.75 Å². The Bertz CT molecular complexity index is 5180. The number of unbranched alkanes of at least 4 members (excludes halogenated alkanes) is 4. The zero-order chi connectivity index (χ0) is 101. The summed E-state index contributed by atoms with van der Waals surface area (Å²) in [6, 6.07) is -1.35. The van der Waals surface area contributed by atoms with Gasteiger partial charge in [-0.05, 0) is 117 Å². The van der Waals surface area contributed by atoms with Crippen molar-refractivity contribution >= 4 is 140 Å². The number of aliphatic hydroxyl groups is 3. The summed E-state index contributed by atoms with van der Waals surface area (Å²) < 4.78 is 0. The fraction of sp³-hybridized carbons (Fsp3) is 0.570. The van der Waals surface area contributed by atoms with Crippen molar-refractivity contribution in [2.24, 2.45) is 28.4 Å². The molecule has 3 aromatic carbocycles. The second-order valence-electron chi connectivity index (χ2n) is 35.6. The van der Waals surface area contributed by atoms with E-state index in [1.165, 1.54) is 57.2 Å². The number of primary amides is 2. The predicted octanol–water partition coefficient (Wildman–Crippen LogP) is -0.698. The summed E-state index contributed by atoms with van der Waals surface area (Å²) in [5.74, 6) is -20.0. The number of Topliss-reactive ketones (excluding diaryl/α,β-unsaturated/α-hetero) is 1. The van der Waals surface area contributed by atoms with Crippen molar-refractivity contribution in [2.45, 2.75) is 248 Å². The van der Waals surface area contributed by atoms with Crippen LogP contribution in [0.4, 0.5) is 0 Å². The largest absolute Gasteiger partial charge is 0.508 e. The van der Waals surface area contributed by atoms with Crippen LogP contribution in [0.15, 0.2) is 90.3 Å². The Kier molecular flexibility index (Phi) is 43.1.